The molecule has 3 N–H and O–H groups in total. The lowest BCUT2D eigenvalue weighted by Crippen LogP contribution is -2.41. The van der Waals surface area contributed by atoms with Gasteiger partial charge in [0.2, 0.25) is 5.91 Å². The first-order chi connectivity index (χ1) is 10.6. The molecule has 0 spiro atoms. The zero-order valence-electron chi connectivity index (χ0n) is 13.4. The average Bonchev–Trinajstić information content (AvgIpc) is 3.00. The van der Waals surface area contributed by atoms with Crippen molar-refractivity contribution in [1.82, 2.24) is 5.32 Å². The molecule has 0 aliphatic carbocycles. The molecular weight excluding hydrogens is 280 g/mol. The van der Waals surface area contributed by atoms with Crippen LogP contribution in [0, 0.1) is 6.92 Å². The van der Waals surface area contributed by atoms with Gasteiger partial charge in [-0.25, -0.2) is 0 Å². The zero-order chi connectivity index (χ0) is 15.9. The van der Waals surface area contributed by atoms with Crippen LogP contribution in [0.4, 0.5) is 0 Å². The van der Waals surface area contributed by atoms with Gasteiger partial charge < -0.3 is 20.5 Å². The number of nitrogens with two attached hydrogens (primary N) is 1. The van der Waals surface area contributed by atoms with Crippen molar-refractivity contribution in [3.8, 4) is 5.75 Å². The van der Waals surface area contributed by atoms with Crippen molar-refractivity contribution in [2.45, 2.75) is 51.4 Å². The molecule has 1 aromatic rings. The summed E-state index contributed by atoms with van der Waals surface area (Å²) in [5, 5.41) is 2.93. The number of amides is 1. The van der Waals surface area contributed by atoms with Crippen LogP contribution < -0.4 is 15.8 Å². The predicted molar refractivity (Wildman–Crippen MR) is 85.8 cm³/mol. The van der Waals surface area contributed by atoms with Gasteiger partial charge in [0.1, 0.15) is 18.0 Å². The van der Waals surface area contributed by atoms with Gasteiger partial charge in [-0.2, -0.15) is 0 Å². The number of rotatable bonds is 7. The van der Waals surface area contributed by atoms with E-state index in [0.29, 0.717) is 13.1 Å². The van der Waals surface area contributed by atoms with E-state index in [1.807, 2.05) is 38.1 Å². The Kier molecular flexibility index (Phi) is 6.21. The van der Waals surface area contributed by atoms with Crippen LogP contribution in [-0.4, -0.2) is 37.3 Å². The van der Waals surface area contributed by atoms with Crippen LogP contribution in [0.15, 0.2) is 24.3 Å². The minimum Gasteiger partial charge on any atom is -0.489 e. The number of ether oxygens (including phenoxy) is 2. The van der Waals surface area contributed by atoms with E-state index in [-0.39, 0.29) is 24.2 Å². The molecule has 1 aliphatic heterocycles. The number of benzene rings is 1. The predicted octanol–water partition coefficient (Wildman–Crippen LogP) is 1.77. The second kappa shape index (κ2) is 8.15. The molecule has 1 unspecified atom stereocenters. The molecule has 1 aliphatic rings. The smallest absolute Gasteiger partial charge is 0.249 e. The molecule has 0 radical (unpaired) electrons. The first-order valence-electron chi connectivity index (χ1n) is 7.99. The van der Waals surface area contributed by atoms with E-state index >= 15 is 0 Å². The first kappa shape index (κ1) is 16.8. The highest BCUT2D eigenvalue weighted by atomic mass is 16.5. The fraction of sp³-hybridized carbons (Fsp3) is 0.588. The monoisotopic (exact) mass is 306 g/mol. The molecule has 5 nitrogen and oxygen atoms in total. The van der Waals surface area contributed by atoms with E-state index in [0.717, 1.165) is 30.6 Å². The lowest BCUT2D eigenvalue weighted by atomic mass is 10.2. The Labute approximate surface area is 132 Å². The third kappa shape index (κ3) is 4.71. The summed E-state index contributed by atoms with van der Waals surface area (Å²) in [6.45, 7) is 5.03. The van der Waals surface area contributed by atoms with Gasteiger partial charge in [0.25, 0.3) is 0 Å². The van der Waals surface area contributed by atoms with Gasteiger partial charge in [-0.1, -0.05) is 19.1 Å². The number of carbonyl (C=O) groups is 1. The normalized spacial score (nSPS) is 22.3. The zero-order valence-corrected chi connectivity index (χ0v) is 13.4. The summed E-state index contributed by atoms with van der Waals surface area (Å²) in [6.07, 6.45) is 2.02. The van der Waals surface area contributed by atoms with E-state index in [1.54, 1.807) is 0 Å². The summed E-state index contributed by atoms with van der Waals surface area (Å²) in [7, 11) is 0. The van der Waals surface area contributed by atoms with Gasteiger partial charge in [-0.05, 0) is 43.9 Å². The molecule has 1 heterocycles. The maximum atomic E-state index is 12.1. The molecule has 0 bridgehead atoms. The molecule has 1 saturated heterocycles. The lowest BCUT2D eigenvalue weighted by molar-refractivity contribution is -0.132. The SMILES string of the molecule is CCC(CNC(=O)[C@@H]1CC[C@H](CN)O1)Oc1cccc(C)c1. The van der Waals surface area contributed by atoms with Gasteiger partial charge in [0, 0.05) is 6.54 Å². The maximum Gasteiger partial charge on any atom is 0.249 e. The van der Waals surface area contributed by atoms with Crippen molar-refractivity contribution in [3.63, 3.8) is 0 Å². The van der Waals surface area contributed by atoms with E-state index in [1.165, 1.54) is 0 Å². The van der Waals surface area contributed by atoms with E-state index in [4.69, 9.17) is 15.2 Å². The Bertz CT molecular complexity index is 493. The summed E-state index contributed by atoms with van der Waals surface area (Å²) in [6, 6.07) is 7.93. The summed E-state index contributed by atoms with van der Waals surface area (Å²) in [5.74, 6) is 0.767. The summed E-state index contributed by atoms with van der Waals surface area (Å²) in [4.78, 5) is 12.1. The number of nitrogens with one attached hydrogen (secondary N) is 1. The lowest BCUT2D eigenvalue weighted by Gasteiger charge is -2.20. The minimum atomic E-state index is -0.370. The fourth-order valence-corrected chi connectivity index (χ4v) is 2.55. The third-order valence-corrected chi connectivity index (χ3v) is 3.91. The van der Waals surface area contributed by atoms with Crippen molar-refractivity contribution in [3.05, 3.63) is 29.8 Å². The minimum absolute atomic E-state index is 0.0151. The fourth-order valence-electron chi connectivity index (χ4n) is 2.55. The highest BCUT2D eigenvalue weighted by Gasteiger charge is 2.29. The summed E-state index contributed by atoms with van der Waals surface area (Å²) in [5.41, 5.74) is 6.72. The highest BCUT2D eigenvalue weighted by molar-refractivity contribution is 5.81. The topological polar surface area (TPSA) is 73.6 Å². The van der Waals surface area contributed by atoms with Crippen molar-refractivity contribution >= 4 is 5.91 Å². The number of hydrogen-bond donors (Lipinski definition) is 2. The first-order valence-corrected chi connectivity index (χ1v) is 7.99. The number of carbonyl (C=O) groups excluding carboxylic acids is 1. The summed E-state index contributed by atoms with van der Waals surface area (Å²) < 4.78 is 11.5. The molecule has 0 saturated carbocycles. The second-order valence-electron chi connectivity index (χ2n) is 5.77. The van der Waals surface area contributed by atoms with Crippen LogP contribution >= 0.6 is 0 Å². The van der Waals surface area contributed by atoms with Crippen LogP contribution in [-0.2, 0) is 9.53 Å². The van der Waals surface area contributed by atoms with E-state index < -0.39 is 0 Å². The van der Waals surface area contributed by atoms with E-state index in [9.17, 15) is 4.79 Å². The molecule has 5 heteroatoms. The van der Waals surface area contributed by atoms with Crippen molar-refractivity contribution < 1.29 is 14.3 Å². The quantitative estimate of drug-likeness (QED) is 0.805. The van der Waals surface area contributed by atoms with Gasteiger partial charge in [-0.15, -0.1) is 0 Å². The van der Waals surface area contributed by atoms with Crippen LogP contribution in [0.25, 0.3) is 0 Å². The van der Waals surface area contributed by atoms with Crippen LogP contribution in [0.5, 0.6) is 5.75 Å². The van der Waals surface area contributed by atoms with Crippen LogP contribution in [0.2, 0.25) is 0 Å². The Morgan fingerprint density at radius 1 is 1.50 bits per heavy atom. The van der Waals surface area contributed by atoms with Crippen LogP contribution in [0.3, 0.4) is 0 Å². The van der Waals surface area contributed by atoms with Crippen molar-refractivity contribution in [2.24, 2.45) is 5.73 Å². The molecule has 3 atom stereocenters. The van der Waals surface area contributed by atoms with Crippen molar-refractivity contribution in [2.75, 3.05) is 13.1 Å². The standard InChI is InChI=1S/C17H26N2O3/c1-3-13(21-14-6-4-5-12(2)9-14)11-19-17(20)16-8-7-15(10-18)22-16/h4-6,9,13,15-16H,3,7-8,10-11,18H2,1-2H3,(H,19,20)/t13?,15-,16+/m1/s1. The number of aryl methyl sites for hydroxylation is 1. The third-order valence-electron chi connectivity index (χ3n) is 3.91. The molecule has 22 heavy (non-hydrogen) atoms. The Morgan fingerprint density at radius 3 is 2.95 bits per heavy atom. The molecule has 122 valence electrons. The van der Waals surface area contributed by atoms with Gasteiger partial charge in [-0.3, -0.25) is 4.79 Å². The van der Waals surface area contributed by atoms with Crippen molar-refractivity contribution in [1.29, 1.82) is 0 Å². The molecule has 2 rings (SSSR count). The Hall–Kier alpha value is -1.59. The van der Waals surface area contributed by atoms with Gasteiger partial charge in [0.05, 0.1) is 12.6 Å². The van der Waals surface area contributed by atoms with E-state index in [2.05, 4.69) is 5.32 Å². The second-order valence-corrected chi connectivity index (χ2v) is 5.77. The Morgan fingerprint density at radius 2 is 2.32 bits per heavy atom. The molecule has 1 aromatic carbocycles. The van der Waals surface area contributed by atoms with Gasteiger partial charge in [0.15, 0.2) is 0 Å². The highest BCUT2D eigenvalue weighted by Crippen LogP contribution is 2.19. The average molecular weight is 306 g/mol. The molecule has 1 amide bonds. The van der Waals surface area contributed by atoms with Crippen LogP contribution in [0.1, 0.15) is 31.7 Å². The Balaban J connectivity index is 1.79. The maximum absolute atomic E-state index is 12.1. The molecule has 0 aromatic heterocycles. The number of hydrogen-bond acceptors (Lipinski definition) is 4. The van der Waals surface area contributed by atoms with Gasteiger partial charge >= 0.3 is 0 Å². The molecule has 1 fully saturated rings. The summed E-state index contributed by atoms with van der Waals surface area (Å²) >= 11 is 0. The molecular formula is C17H26N2O3. The largest absolute Gasteiger partial charge is 0.489 e.